The fourth-order valence-electron chi connectivity index (χ4n) is 4.05. The van der Waals surface area contributed by atoms with Crippen molar-refractivity contribution < 1.29 is 4.79 Å². The number of hydrogen-bond acceptors (Lipinski definition) is 3. The van der Waals surface area contributed by atoms with Crippen molar-refractivity contribution in [2.24, 2.45) is 11.7 Å². The average Bonchev–Trinajstić information content (AvgIpc) is 3.22. The van der Waals surface area contributed by atoms with Crippen LogP contribution in [0.1, 0.15) is 44.3 Å². The Morgan fingerprint density at radius 2 is 1.93 bits per heavy atom. The number of nitrogens with zero attached hydrogens (tertiary/aromatic N) is 2. The lowest BCUT2D eigenvalue weighted by atomic mass is 10.00. The molecule has 27 heavy (non-hydrogen) atoms. The normalized spacial score (nSPS) is 20.9. The molecule has 1 saturated carbocycles. The van der Waals surface area contributed by atoms with E-state index in [-0.39, 0.29) is 36.8 Å². The Morgan fingerprint density at radius 1 is 1.15 bits per heavy atom. The van der Waals surface area contributed by atoms with E-state index in [0.717, 1.165) is 49.2 Å². The molecule has 4 rings (SSSR count). The van der Waals surface area contributed by atoms with Crippen molar-refractivity contribution >= 4 is 36.4 Å². The molecule has 148 valence electrons. The van der Waals surface area contributed by atoms with Crippen molar-refractivity contribution in [3.63, 3.8) is 0 Å². The van der Waals surface area contributed by atoms with Gasteiger partial charge in [0, 0.05) is 42.9 Å². The predicted octanol–water partition coefficient (Wildman–Crippen LogP) is 4.19. The van der Waals surface area contributed by atoms with E-state index in [9.17, 15) is 4.79 Å². The molecule has 0 radical (unpaired) electrons. The summed E-state index contributed by atoms with van der Waals surface area (Å²) >= 11 is 0. The number of aryl methyl sites for hydroxylation is 2. The Hall–Kier alpha value is -1.56. The lowest BCUT2D eigenvalue weighted by Crippen LogP contribution is -2.28. The van der Waals surface area contributed by atoms with Crippen molar-refractivity contribution in [1.29, 1.82) is 0 Å². The van der Waals surface area contributed by atoms with Crippen LogP contribution in [0.3, 0.4) is 0 Å². The van der Waals surface area contributed by atoms with E-state index in [1.165, 1.54) is 18.7 Å². The molecular formula is C20H28Cl2N4O. The number of carbonyl (C=O) groups excluding carboxylic acids is 1. The van der Waals surface area contributed by atoms with Crippen molar-refractivity contribution in [3.8, 4) is 11.3 Å². The molecule has 0 saturated heterocycles. The van der Waals surface area contributed by atoms with Crippen molar-refractivity contribution in [3.05, 3.63) is 36.3 Å². The first-order valence-electron chi connectivity index (χ1n) is 9.41. The number of hydrogen-bond donors (Lipinski definition) is 2. The van der Waals surface area contributed by atoms with Crippen LogP contribution in [-0.2, 0) is 17.8 Å². The molecule has 5 nitrogen and oxygen atoms in total. The summed E-state index contributed by atoms with van der Waals surface area (Å²) in [6, 6.07) is 8.16. The molecule has 2 atom stereocenters. The van der Waals surface area contributed by atoms with Gasteiger partial charge < -0.3 is 15.6 Å². The molecule has 2 heterocycles. The van der Waals surface area contributed by atoms with Crippen LogP contribution in [0.25, 0.3) is 11.3 Å². The van der Waals surface area contributed by atoms with E-state index in [4.69, 9.17) is 10.7 Å². The van der Waals surface area contributed by atoms with Crippen LogP contribution in [0.4, 0.5) is 5.69 Å². The smallest absolute Gasteiger partial charge is 0.224 e. The fourth-order valence-corrected chi connectivity index (χ4v) is 4.05. The molecule has 2 aromatic rings. The minimum absolute atomic E-state index is 0. The maximum atomic E-state index is 12.2. The standard InChI is InChI=1S/C20H26N4O.2ClH/c21-17-5-3-4-15(17)12-20(25)22-16-9-7-14(8-10-16)18-13-24-11-2-1-6-19(24)23-18;;/h7-10,13,15,17H,1-6,11-12,21H2,(H,22,25);2*1H/t15-,17+;;/m0../s1. The molecule has 1 aromatic carbocycles. The first-order chi connectivity index (χ1) is 12.2. The summed E-state index contributed by atoms with van der Waals surface area (Å²) in [6.07, 6.45) is 9.45. The van der Waals surface area contributed by atoms with Gasteiger partial charge in [0.15, 0.2) is 0 Å². The molecule has 0 unspecified atom stereocenters. The van der Waals surface area contributed by atoms with Gasteiger partial charge in [-0.1, -0.05) is 18.6 Å². The Bertz CT molecular complexity index is 736. The van der Waals surface area contributed by atoms with Gasteiger partial charge >= 0.3 is 0 Å². The van der Waals surface area contributed by atoms with Crippen molar-refractivity contribution in [1.82, 2.24) is 9.55 Å². The summed E-state index contributed by atoms with van der Waals surface area (Å²) in [4.78, 5) is 17.0. The fraction of sp³-hybridized carbons (Fsp3) is 0.500. The maximum absolute atomic E-state index is 12.2. The van der Waals surface area contributed by atoms with Crippen LogP contribution in [0, 0.1) is 5.92 Å². The van der Waals surface area contributed by atoms with Gasteiger partial charge in [0.2, 0.25) is 5.91 Å². The van der Waals surface area contributed by atoms with Gasteiger partial charge in [0.05, 0.1) is 5.69 Å². The molecule has 0 bridgehead atoms. The van der Waals surface area contributed by atoms with Crippen LogP contribution in [0.2, 0.25) is 0 Å². The van der Waals surface area contributed by atoms with Crippen molar-refractivity contribution in [2.75, 3.05) is 5.32 Å². The van der Waals surface area contributed by atoms with E-state index >= 15 is 0 Å². The number of amides is 1. The minimum atomic E-state index is 0. The van der Waals surface area contributed by atoms with Gasteiger partial charge in [0.1, 0.15) is 5.82 Å². The van der Waals surface area contributed by atoms with E-state index in [1.807, 2.05) is 24.3 Å². The Balaban J connectivity index is 0.00000131. The van der Waals surface area contributed by atoms with E-state index in [0.29, 0.717) is 12.3 Å². The molecular weight excluding hydrogens is 383 g/mol. The van der Waals surface area contributed by atoms with Gasteiger partial charge in [-0.3, -0.25) is 4.79 Å². The van der Waals surface area contributed by atoms with E-state index < -0.39 is 0 Å². The van der Waals surface area contributed by atoms with Gasteiger partial charge in [-0.25, -0.2) is 4.98 Å². The molecule has 7 heteroatoms. The molecule has 1 aliphatic heterocycles. The highest BCUT2D eigenvalue weighted by Crippen LogP contribution is 2.28. The van der Waals surface area contributed by atoms with Crippen LogP contribution in [0.15, 0.2) is 30.5 Å². The number of carbonyl (C=O) groups is 1. The molecule has 1 fully saturated rings. The van der Waals surface area contributed by atoms with Gasteiger partial charge in [0.25, 0.3) is 0 Å². The Morgan fingerprint density at radius 3 is 2.59 bits per heavy atom. The number of benzene rings is 1. The number of aromatic nitrogens is 2. The summed E-state index contributed by atoms with van der Waals surface area (Å²) in [7, 11) is 0. The third-order valence-corrected chi connectivity index (χ3v) is 5.54. The number of fused-ring (bicyclic) bond motifs is 1. The predicted molar refractivity (Wildman–Crippen MR) is 114 cm³/mol. The average molecular weight is 411 g/mol. The summed E-state index contributed by atoms with van der Waals surface area (Å²) in [5.41, 5.74) is 9.01. The lowest BCUT2D eigenvalue weighted by Gasteiger charge is -2.14. The quantitative estimate of drug-likeness (QED) is 0.793. The second-order valence-corrected chi connectivity index (χ2v) is 7.38. The Kier molecular flexibility index (Phi) is 7.71. The summed E-state index contributed by atoms with van der Waals surface area (Å²) in [5, 5.41) is 3.00. The van der Waals surface area contributed by atoms with Gasteiger partial charge in [-0.2, -0.15) is 0 Å². The van der Waals surface area contributed by atoms with Crippen LogP contribution in [-0.4, -0.2) is 21.5 Å². The third-order valence-electron chi connectivity index (χ3n) is 5.54. The van der Waals surface area contributed by atoms with E-state index in [1.54, 1.807) is 0 Å². The molecule has 0 spiro atoms. The molecule has 1 aliphatic carbocycles. The number of halogens is 2. The van der Waals surface area contributed by atoms with Crippen LogP contribution < -0.4 is 11.1 Å². The summed E-state index contributed by atoms with van der Waals surface area (Å²) in [5.74, 6) is 1.58. The number of imidazole rings is 1. The Labute approximate surface area is 172 Å². The zero-order chi connectivity index (χ0) is 17.2. The maximum Gasteiger partial charge on any atom is 0.224 e. The first kappa shape index (κ1) is 21.7. The highest BCUT2D eigenvalue weighted by Gasteiger charge is 2.26. The van der Waals surface area contributed by atoms with Crippen LogP contribution >= 0.6 is 24.8 Å². The number of nitrogens with one attached hydrogen (secondary N) is 1. The minimum Gasteiger partial charge on any atom is -0.334 e. The number of rotatable bonds is 4. The zero-order valence-corrected chi connectivity index (χ0v) is 17.0. The topological polar surface area (TPSA) is 72.9 Å². The first-order valence-corrected chi connectivity index (χ1v) is 9.41. The second kappa shape index (κ2) is 9.58. The largest absolute Gasteiger partial charge is 0.334 e. The summed E-state index contributed by atoms with van der Waals surface area (Å²) in [6.45, 7) is 1.07. The van der Waals surface area contributed by atoms with Crippen molar-refractivity contribution in [2.45, 2.75) is 57.5 Å². The van der Waals surface area contributed by atoms with Crippen LogP contribution in [0.5, 0.6) is 0 Å². The van der Waals surface area contributed by atoms with E-state index in [2.05, 4.69) is 16.1 Å². The zero-order valence-electron chi connectivity index (χ0n) is 15.4. The molecule has 1 amide bonds. The highest BCUT2D eigenvalue weighted by atomic mass is 35.5. The molecule has 3 N–H and O–H groups in total. The monoisotopic (exact) mass is 410 g/mol. The SMILES string of the molecule is Cl.Cl.N[C@@H]1CCC[C@H]1CC(=O)Nc1ccc(-c2cn3c(n2)CCCC3)cc1. The molecule has 1 aromatic heterocycles. The number of anilines is 1. The lowest BCUT2D eigenvalue weighted by molar-refractivity contribution is -0.117. The highest BCUT2D eigenvalue weighted by molar-refractivity contribution is 5.91. The second-order valence-electron chi connectivity index (χ2n) is 7.38. The molecule has 2 aliphatic rings. The summed E-state index contributed by atoms with van der Waals surface area (Å²) < 4.78 is 2.26. The van der Waals surface area contributed by atoms with Gasteiger partial charge in [-0.15, -0.1) is 24.8 Å². The third kappa shape index (κ3) is 5.03. The van der Waals surface area contributed by atoms with Gasteiger partial charge in [-0.05, 0) is 43.7 Å². The number of nitrogens with two attached hydrogens (primary N) is 1.